The molecule has 0 saturated carbocycles. The van der Waals surface area contributed by atoms with Gasteiger partial charge < -0.3 is 4.90 Å². The molecule has 0 heterocycles. The Balaban J connectivity index is 1.31. The molecule has 1 nitrogen and oxygen atoms in total. The molecule has 0 aliphatic heterocycles. The number of para-hydroxylation sites is 1. The average molecular weight is 606 g/mol. The lowest BCUT2D eigenvalue weighted by Gasteiger charge is -2.26. The first-order valence-electron chi connectivity index (χ1n) is 16.0. The van der Waals surface area contributed by atoms with Crippen LogP contribution < -0.4 is 4.90 Å². The quantitative estimate of drug-likeness (QED) is 0.125. The van der Waals surface area contributed by atoms with E-state index < -0.39 is 0 Å². The highest BCUT2D eigenvalue weighted by atomic mass is 15.1. The van der Waals surface area contributed by atoms with E-state index in [0.29, 0.717) is 0 Å². The zero-order valence-electron chi connectivity index (χ0n) is 26.7. The maximum atomic E-state index is 4.07. The zero-order chi connectivity index (χ0) is 32.6. The molecule has 47 heavy (non-hydrogen) atoms. The van der Waals surface area contributed by atoms with Gasteiger partial charge in [-0.25, -0.2) is 0 Å². The van der Waals surface area contributed by atoms with Crippen LogP contribution in [0.5, 0.6) is 0 Å². The maximum Gasteiger partial charge on any atom is 0.0462 e. The van der Waals surface area contributed by atoms with Gasteiger partial charge in [0.1, 0.15) is 0 Å². The van der Waals surface area contributed by atoms with Crippen LogP contribution >= 0.6 is 0 Å². The minimum Gasteiger partial charge on any atom is -0.311 e. The number of anilines is 3. The van der Waals surface area contributed by atoms with E-state index in [1.807, 2.05) is 30.4 Å². The molecule has 0 N–H and O–H groups in total. The van der Waals surface area contributed by atoms with Gasteiger partial charge >= 0.3 is 0 Å². The molecule has 0 radical (unpaired) electrons. The van der Waals surface area contributed by atoms with Crippen LogP contribution in [-0.2, 0) is 0 Å². The second-order valence-electron chi connectivity index (χ2n) is 11.6. The second kappa shape index (κ2) is 14.5. The number of benzene rings is 6. The van der Waals surface area contributed by atoms with Crippen molar-refractivity contribution in [2.24, 2.45) is 5.92 Å². The fourth-order valence-electron chi connectivity index (χ4n) is 6.25. The zero-order valence-corrected chi connectivity index (χ0v) is 26.7. The van der Waals surface area contributed by atoms with Gasteiger partial charge in [0.25, 0.3) is 0 Å². The molecule has 0 spiro atoms. The highest BCUT2D eigenvalue weighted by molar-refractivity contribution is 5.96. The van der Waals surface area contributed by atoms with Gasteiger partial charge in [0.15, 0.2) is 0 Å². The van der Waals surface area contributed by atoms with E-state index in [1.54, 1.807) is 0 Å². The molecule has 6 aromatic rings. The number of nitrogens with zero attached hydrogens (tertiary/aromatic N) is 1. The van der Waals surface area contributed by atoms with Gasteiger partial charge in [-0.2, -0.15) is 0 Å². The number of hydrogen-bond acceptors (Lipinski definition) is 1. The van der Waals surface area contributed by atoms with Crippen LogP contribution in [0.25, 0.3) is 40.1 Å². The van der Waals surface area contributed by atoms with Crippen LogP contribution in [0, 0.1) is 5.92 Å². The molecule has 1 atom stereocenters. The minimum absolute atomic E-state index is 0.146. The first-order valence-corrected chi connectivity index (χ1v) is 16.0. The summed E-state index contributed by atoms with van der Waals surface area (Å²) in [5, 5.41) is 2.37. The summed E-state index contributed by atoms with van der Waals surface area (Å²) in [4.78, 5) is 2.29. The Morgan fingerprint density at radius 1 is 0.532 bits per heavy atom. The summed E-state index contributed by atoms with van der Waals surface area (Å²) in [6.07, 6.45) is 12.2. The third kappa shape index (κ3) is 6.71. The van der Waals surface area contributed by atoms with E-state index >= 15 is 0 Å². The molecule has 0 aromatic heterocycles. The van der Waals surface area contributed by atoms with E-state index in [0.717, 1.165) is 39.3 Å². The fraction of sp³-hybridized carbons (Fsp3) is 0.0435. The summed E-state index contributed by atoms with van der Waals surface area (Å²) >= 11 is 0. The van der Waals surface area contributed by atoms with Crippen LogP contribution in [-0.4, -0.2) is 0 Å². The highest BCUT2D eigenvalue weighted by Gasteiger charge is 2.16. The Bertz CT molecular complexity index is 2020. The summed E-state index contributed by atoms with van der Waals surface area (Å²) in [6, 6.07) is 49.5. The molecule has 0 aliphatic rings. The van der Waals surface area contributed by atoms with Crippen molar-refractivity contribution in [2.45, 2.75) is 5.92 Å². The Hall–Kier alpha value is -5.92. The monoisotopic (exact) mass is 605 g/mol. The minimum atomic E-state index is 0.146. The Labute approximate surface area is 279 Å². The lowest BCUT2D eigenvalue weighted by atomic mass is 9.85. The van der Waals surface area contributed by atoms with Gasteiger partial charge in [-0.05, 0) is 86.6 Å². The molecule has 228 valence electrons. The fourth-order valence-corrected chi connectivity index (χ4v) is 6.25. The number of rotatable bonds is 12. The summed E-state index contributed by atoms with van der Waals surface area (Å²) in [6.45, 7) is 16.2. The summed E-state index contributed by atoms with van der Waals surface area (Å²) in [5.74, 6) is 0.313. The van der Waals surface area contributed by atoms with E-state index in [1.165, 1.54) is 21.9 Å². The van der Waals surface area contributed by atoms with Crippen molar-refractivity contribution in [1.82, 2.24) is 0 Å². The third-order valence-electron chi connectivity index (χ3n) is 8.78. The predicted octanol–water partition coefficient (Wildman–Crippen LogP) is 13.0. The van der Waals surface area contributed by atoms with Crippen LogP contribution in [0.2, 0.25) is 0 Å². The molecular formula is C46H39N. The predicted molar refractivity (Wildman–Crippen MR) is 206 cm³/mol. The Kier molecular flexibility index (Phi) is 9.56. The lowest BCUT2D eigenvalue weighted by molar-refractivity contribution is 0.713. The normalized spacial score (nSPS) is 11.8. The first-order chi connectivity index (χ1) is 23.1. The number of hydrogen-bond donors (Lipinski definition) is 0. The van der Waals surface area contributed by atoms with Crippen molar-refractivity contribution in [3.8, 4) is 11.1 Å². The molecular weight excluding hydrogens is 567 g/mol. The van der Waals surface area contributed by atoms with Crippen LogP contribution in [0.15, 0.2) is 184 Å². The summed E-state index contributed by atoms with van der Waals surface area (Å²) in [7, 11) is 0. The largest absolute Gasteiger partial charge is 0.311 e. The molecule has 0 bridgehead atoms. The van der Waals surface area contributed by atoms with Crippen molar-refractivity contribution >= 4 is 46.1 Å². The average Bonchev–Trinajstić information content (AvgIpc) is 3.14. The number of fused-ring (bicyclic) bond motifs is 1. The van der Waals surface area contributed by atoms with Gasteiger partial charge in [0.05, 0.1) is 0 Å². The molecule has 0 amide bonds. The number of allylic oxidation sites excluding steroid dienone is 3. The molecule has 0 fully saturated rings. The standard InChI is InChI=1S/C46H39N/c1-5-35(6-2)45(38-15-11-9-12-16-38)32-21-34-19-28-42(29-20-34)47(41-17-13-10-14-18-41)43-30-26-37(27-31-43)40-25-24-39-23-22-36(7-3)44(8-4)46(39)33-40/h5-33,35,45H,1-4H2/b32-21+. The molecule has 0 aliphatic carbocycles. The lowest BCUT2D eigenvalue weighted by Crippen LogP contribution is -2.09. The summed E-state index contributed by atoms with van der Waals surface area (Å²) < 4.78 is 0. The van der Waals surface area contributed by atoms with Gasteiger partial charge in [0, 0.05) is 28.9 Å². The summed E-state index contributed by atoms with van der Waals surface area (Å²) in [5.41, 5.74) is 10.2. The molecule has 0 saturated heterocycles. The van der Waals surface area contributed by atoms with Crippen LogP contribution in [0.4, 0.5) is 17.1 Å². The molecule has 6 rings (SSSR count). The van der Waals surface area contributed by atoms with Crippen molar-refractivity contribution in [2.75, 3.05) is 4.90 Å². The van der Waals surface area contributed by atoms with Crippen LogP contribution in [0.1, 0.15) is 28.2 Å². The first kappa shape index (κ1) is 31.1. The van der Waals surface area contributed by atoms with Crippen molar-refractivity contribution in [1.29, 1.82) is 0 Å². The molecule has 1 unspecified atom stereocenters. The van der Waals surface area contributed by atoms with Crippen molar-refractivity contribution < 1.29 is 0 Å². The smallest absolute Gasteiger partial charge is 0.0462 e. The molecule has 6 aromatic carbocycles. The third-order valence-corrected chi connectivity index (χ3v) is 8.78. The molecule has 1 heteroatoms. The van der Waals surface area contributed by atoms with Crippen molar-refractivity contribution in [3.63, 3.8) is 0 Å². The second-order valence-corrected chi connectivity index (χ2v) is 11.6. The van der Waals surface area contributed by atoms with Gasteiger partial charge in [-0.1, -0.05) is 147 Å². The van der Waals surface area contributed by atoms with E-state index in [4.69, 9.17) is 0 Å². The highest BCUT2D eigenvalue weighted by Crippen LogP contribution is 2.37. The Morgan fingerprint density at radius 2 is 1.11 bits per heavy atom. The van der Waals surface area contributed by atoms with Gasteiger partial charge in [-0.15, -0.1) is 13.2 Å². The topological polar surface area (TPSA) is 3.24 Å². The van der Waals surface area contributed by atoms with Crippen molar-refractivity contribution in [3.05, 3.63) is 206 Å². The van der Waals surface area contributed by atoms with E-state index in [-0.39, 0.29) is 11.8 Å². The van der Waals surface area contributed by atoms with E-state index in [2.05, 4.69) is 177 Å². The van der Waals surface area contributed by atoms with Crippen LogP contribution in [0.3, 0.4) is 0 Å². The van der Waals surface area contributed by atoms with Gasteiger partial charge in [0.2, 0.25) is 0 Å². The Morgan fingerprint density at radius 3 is 1.72 bits per heavy atom. The van der Waals surface area contributed by atoms with Gasteiger partial charge in [-0.3, -0.25) is 0 Å². The van der Waals surface area contributed by atoms with E-state index in [9.17, 15) is 0 Å². The SMILES string of the molecule is C=Cc1ccc2ccc(-c3ccc(N(c4ccccc4)c4ccc(/C=C/C(c5ccccc5)C(C=C)C=C)cc4)cc3)cc2c1C=C. The maximum absolute atomic E-state index is 4.07.